The average Bonchev–Trinajstić information content (AvgIpc) is 2.95. The van der Waals surface area contributed by atoms with Crippen LogP contribution in [-0.2, 0) is 11.3 Å². The van der Waals surface area contributed by atoms with Crippen molar-refractivity contribution in [2.24, 2.45) is 29.6 Å². The van der Waals surface area contributed by atoms with Crippen LogP contribution in [-0.4, -0.2) is 28.0 Å². The van der Waals surface area contributed by atoms with Crippen LogP contribution < -0.4 is 0 Å². The van der Waals surface area contributed by atoms with Gasteiger partial charge in [-0.25, -0.2) is 0 Å². The standard InChI is InChI=1S/C42H78O3/c1-35(2)18-12-27-41(43,28-13-19-36(3)4)31-16-24-39(26-33-45-34-40-22-10-9-11-23-40)25-17-32-42(44,29-14-20-37(5)6)30-15-21-38(7)8/h9-11,22-23,35-39,43-44H,12-21,24-34H2,1-8H3. The van der Waals surface area contributed by atoms with Crippen LogP contribution in [0.25, 0.3) is 0 Å². The Morgan fingerprint density at radius 2 is 0.822 bits per heavy atom. The minimum absolute atomic E-state index is 0.523. The molecule has 0 saturated heterocycles. The van der Waals surface area contributed by atoms with Crippen LogP contribution in [0.1, 0.15) is 183 Å². The van der Waals surface area contributed by atoms with Gasteiger partial charge in [0.25, 0.3) is 0 Å². The molecule has 1 aromatic rings. The van der Waals surface area contributed by atoms with Crippen molar-refractivity contribution in [3.05, 3.63) is 35.9 Å². The highest BCUT2D eigenvalue weighted by atomic mass is 16.5. The predicted octanol–water partition coefficient (Wildman–Crippen LogP) is 12.3. The molecular weight excluding hydrogens is 552 g/mol. The first kappa shape index (κ1) is 42.1. The lowest BCUT2D eigenvalue weighted by atomic mass is 9.81. The van der Waals surface area contributed by atoms with E-state index in [1.54, 1.807) is 0 Å². The number of ether oxygens (including phenoxy) is 1. The van der Waals surface area contributed by atoms with Crippen molar-refractivity contribution in [1.82, 2.24) is 0 Å². The van der Waals surface area contributed by atoms with Gasteiger partial charge in [-0.05, 0) is 80.1 Å². The number of hydrogen-bond acceptors (Lipinski definition) is 3. The van der Waals surface area contributed by atoms with Crippen molar-refractivity contribution in [2.75, 3.05) is 6.61 Å². The molecule has 0 atom stereocenters. The number of benzene rings is 1. The summed E-state index contributed by atoms with van der Waals surface area (Å²) in [6, 6.07) is 10.5. The zero-order valence-electron chi connectivity index (χ0n) is 31.4. The molecule has 0 heterocycles. The Bertz CT molecular complexity index is 727. The summed E-state index contributed by atoms with van der Waals surface area (Å²) in [6.45, 7) is 19.8. The fraction of sp³-hybridized carbons (Fsp3) is 0.857. The van der Waals surface area contributed by atoms with Crippen molar-refractivity contribution in [3.8, 4) is 0 Å². The van der Waals surface area contributed by atoms with Gasteiger partial charge in [0.15, 0.2) is 0 Å². The van der Waals surface area contributed by atoms with Crippen LogP contribution in [0.3, 0.4) is 0 Å². The Morgan fingerprint density at radius 1 is 0.489 bits per heavy atom. The van der Waals surface area contributed by atoms with E-state index in [0.29, 0.717) is 36.2 Å². The Morgan fingerprint density at radius 3 is 1.16 bits per heavy atom. The monoisotopic (exact) mass is 631 g/mol. The molecule has 0 amide bonds. The van der Waals surface area contributed by atoms with Gasteiger partial charge in [-0.2, -0.15) is 0 Å². The summed E-state index contributed by atoms with van der Waals surface area (Å²) in [5.41, 5.74) is 0.186. The molecule has 0 aliphatic carbocycles. The fourth-order valence-corrected chi connectivity index (χ4v) is 6.99. The number of hydrogen-bond donors (Lipinski definition) is 2. The van der Waals surface area contributed by atoms with Crippen LogP contribution in [0.15, 0.2) is 30.3 Å². The van der Waals surface area contributed by atoms with E-state index in [9.17, 15) is 10.2 Å². The maximum Gasteiger partial charge on any atom is 0.0716 e. The van der Waals surface area contributed by atoms with Gasteiger partial charge in [-0.15, -0.1) is 0 Å². The summed E-state index contributed by atoms with van der Waals surface area (Å²) in [4.78, 5) is 0. The zero-order chi connectivity index (χ0) is 33.6. The molecule has 1 rings (SSSR count). The lowest BCUT2D eigenvalue weighted by Crippen LogP contribution is -2.29. The molecule has 1 aromatic carbocycles. The second kappa shape index (κ2) is 24.3. The van der Waals surface area contributed by atoms with Gasteiger partial charge in [-0.1, -0.05) is 163 Å². The third-order valence-electron chi connectivity index (χ3n) is 9.99. The lowest BCUT2D eigenvalue weighted by molar-refractivity contribution is 0.00215. The highest BCUT2D eigenvalue weighted by Crippen LogP contribution is 2.33. The van der Waals surface area contributed by atoms with E-state index in [1.807, 2.05) is 0 Å². The fourth-order valence-electron chi connectivity index (χ4n) is 6.99. The van der Waals surface area contributed by atoms with Gasteiger partial charge in [0.2, 0.25) is 0 Å². The third kappa shape index (κ3) is 23.1. The minimum atomic E-state index is -0.523. The van der Waals surface area contributed by atoms with E-state index in [2.05, 4.69) is 85.7 Å². The van der Waals surface area contributed by atoms with Gasteiger partial charge < -0.3 is 14.9 Å². The summed E-state index contributed by atoms with van der Waals surface area (Å²) in [7, 11) is 0. The molecule has 3 heteroatoms. The van der Waals surface area contributed by atoms with E-state index in [0.717, 1.165) is 103 Å². The largest absolute Gasteiger partial charge is 0.390 e. The molecule has 0 aliphatic heterocycles. The minimum Gasteiger partial charge on any atom is -0.390 e. The second-order valence-electron chi connectivity index (χ2n) is 16.6. The van der Waals surface area contributed by atoms with Crippen LogP contribution in [0.2, 0.25) is 0 Å². The Balaban J connectivity index is 2.80. The summed E-state index contributed by atoms with van der Waals surface area (Å²) in [5, 5.41) is 23.5. The first-order valence-electron chi connectivity index (χ1n) is 19.4. The first-order chi connectivity index (χ1) is 21.3. The lowest BCUT2D eigenvalue weighted by Gasteiger charge is -2.31. The molecule has 0 spiro atoms. The maximum atomic E-state index is 11.8. The number of rotatable bonds is 29. The molecule has 264 valence electrons. The van der Waals surface area contributed by atoms with Crippen molar-refractivity contribution in [1.29, 1.82) is 0 Å². The van der Waals surface area contributed by atoms with Crippen molar-refractivity contribution in [2.45, 2.75) is 195 Å². The molecule has 0 radical (unpaired) electrons. The normalized spacial score (nSPS) is 13.0. The van der Waals surface area contributed by atoms with Gasteiger partial charge in [0.05, 0.1) is 17.8 Å². The van der Waals surface area contributed by atoms with Crippen LogP contribution >= 0.6 is 0 Å². The summed E-state index contributed by atoms with van der Waals surface area (Å²) in [5.74, 6) is 3.35. The van der Waals surface area contributed by atoms with Crippen LogP contribution in [0, 0.1) is 29.6 Å². The van der Waals surface area contributed by atoms with E-state index >= 15 is 0 Å². The Labute approximate surface area is 281 Å². The quantitative estimate of drug-likeness (QED) is 0.0866. The number of aliphatic hydroxyl groups is 2. The third-order valence-corrected chi connectivity index (χ3v) is 9.99. The van der Waals surface area contributed by atoms with Gasteiger partial charge >= 0.3 is 0 Å². The topological polar surface area (TPSA) is 49.7 Å². The zero-order valence-corrected chi connectivity index (χ0v) is 31.4. The highest BCUT2D eigenvalue weighted by Gasteiger charge is 2.28. The molecule has 0 saturated carbocycles. The molecule has 0 bridgehead atoms. The van der Waals surface area contributed by atoms with E-state index < -0.39 is 11.2 Å². The van der Waals surface area contributed by atoms with Crippen molar-refractivity contribution in [3.63, 3.8) is 0 Å². The smallest absolute Gasteiger partial charge is 0.0716 e. The van der Waals surface area contributed by atoms with Gasteiger partial charge in [-0.3, -0.25) is 0 Å². The van der Waals surface area contributed by atoms with E-state index in [4.69, 9.17) is 4.74 Å². The SMILES string of the molecule is CC(C)CCCC(O)(CCCC(C)C)CCCC(CCCC(O)(CCCC(C)C)CCCC(C)C)CCOCc1ccccc1. The van der Waals surface area contributed by atoms with Gasteiger partial charge in [0.1, 0.15) is 0 Å². The molecular formula is C42H78O3. The Kier molecular flexibility index (Phi) is 22.7. The van der Waals surface area contributed by atoms with E-state index in [-0.39, 0.29) is 0 Å². The molecule has 0 aromatic heterocycles. The van der Waals surface area contributed by atoms with Crippen molar-refractivity contribution < 1.29 is 14.9 Å². The van der Waals surface area contributed by atoms with Crippen LogP contribution in [0.4, 0.5) is 0 Å². The molecule has 45 heavy (non-hydrogen) atoms. The molecule has 0 aliphatic rings. The van der Waals surface area contributed by atoms with Crippen molar-refractivity contribution >= 4 is 0 Å². The summed E-state index contributed by atoms with van der Waals surface area (Å²) >= 11 is 0. The summed E-state index contributed by atoms with van der Waals surface area (Å²) < 4.78 is 6.15. The molecule has 3 nitrogen and oxygen atoms in total. The van der Waals surface area contributed by atoms with Crippen LogP contribution in [0.5, 0.6) is 0 Å². The molecule has 0 fully saturated rings. The maximum absolute atomic E-state index is 11.8. The second-order valence-corrected chi connectivity index (χ2v) is 16.6. The summed E-state index contributed by atoms with van der Waals surface area (Å²) in [6.07, 6.45) is 20.4. The predicted molar refractivity (Wildman–Crippen MR) is 197 cm³/mol. The van der Waals surface area contributed by atoms with E-state index in [1.165, 1.54) is 31.2 Å². The highest BCUT2D eigenvalue weighted by molar-refractivity contribution is 5.13. The Hall–Kier alpha value is -0.900. The molecule has 0 unspecified atom stereocenters. The average molecular weight is 631 g/mol. The molecule has 2 N–H and O–H groups in total. The first-order valence-corrected chi connectivity index (χ1v) is 19.4. The van der Waals surface area contributed by atoms with Gasteiger partial charge in [0, 0.05) is 6.61 Å².